The van der Waals surface area contributed by atoms with E-state index in [9.17, 15) is 5.11 Å². The lowest BCUT2D eigenvalue weighted by atomic mass is 9.89. The van der Waals surface area contributed by atoms with E-state index in [4.69, 9.17) is 0 Å². The Kier molecular flexibility index (Phi) is 4.91. The number of H-pyrrole nitrogens is 1. The number of hydrogen-bond donors (Lipinski definition) is 2. The summed E-state index contributed by atoms with van der Waals surface area (Å²) in [6.45, 7) is 9.85. The molecule has 1 rings (SSSR count). The van der Waals surface area contributed by atoms with Crippen LogP contribution in [0.5, 0.6) is 0 Å². The minimum absolute atomic E-state index is 0.0138. The molecule has 3 nitrogen and oxygen atoms in total. The summed E-state index contributed by atoms with van der Waals surface area (Å²) in [5, 5.41) is 9.28. The third-order valence-corrected chi connectivity index (χ3v) is 3.07. The second-order valence-electron chi connectivity index (χ2n) is 3.97. The first-order valence-electron chi connectivity index (χ1n) is 5.74. The Bertz CT molecular complexity index is 427. The van der Waals surface area contributed by atoms with Gasteiger partial charge in [-0.2, -0.15) is 0 Å². The fraction of sp³-hybridized carbons (Fsp3) is 0.357. The molecule has 0 radical (unpaired) electrons. The van der Waals surface area contributed by atoms with E-state index in [1.165, 1.54) is 5.57 Å². The SMILES string of the molecule is C=C/C(CO)=C(C)\C(=C/C)[C@@H](C)c1c[nH]cn1. The number of imidazole rings is 1. The first-order chi connectivity index (χ1) is 8.15. The molecule has 0 amide bonds. The molecule has 3 heteroatoms. The van der Waals surface area contributed by atoms with Gasteiger partial charge in [0.15, 0.2) is 0 Å². The quantitative estimate of drug-likeness (QED) is 0.767. The van der Waals surface area contributed by atoms with Crippen LogP contribution in [0.3, 0.4) is 0 Å². The molecule has 0 unspecified atom stereocenters. The Morgan fingerprint density at radius 2 is 2.35 bits per heavy atom. The van der Waals surface area contributed by atoms with Crippen molar-refractivity contribution in [2.24, 2.45) is 0 Å². The van der Waals surface area contributed by atoms with Crippen molar-refractivity contribution in [3.63, 3.8) is 0 Å². The zero-order valence-electron chi connectivity index (χ0n) is 10.7. The van der Waals surface area contributed by atoms with Gasteiger partial charge in [0.2, 0.25) is 0 Å². The summed E-state index contributed by atoms with van der Waals surface area (Å²) in [5.74, 6) is 0.202. The maximum Gasteiger partial charge on any atom is 0.0923 e. The number of nitrogens with zero attached hydrogens (tertiary/aromatic N) is 1. The number of allylic oxidation sites excluding steroid dienone is 3. The Hall–Kier alpha value is -1.61. The van der Waals surface area contributed by atoms with Crippen molar-refractivity contribution in [3.05, 3.63) is 53.7 Å². The maximum atomic E-state index is 9.28. The van der Waals surface area contributed by atoms with Crippen molar-refractivity contribution in [2.45, 2.75) is 26.7 Å². The van der Waals surface area contributed by atoms with Crippen molar-refractivity contribution in [1.82, 2.24) is 9.97 Å². The fourth-order valence-electron chi connectivity index (χ4n) is 1.98. The minimum atomic E-state index is 0.0138. The summed E-state index contributed by atoms with van der Waals surface area (Å²) < 4.78 is 0. The molecule has 0 aliphatic rings. The second-order valence-corrected chi connectivity index (χ2v) is 3.97. The zero-order valence-corrected chi connectivity index (χ0v) is 10.7. The lowest BCUT2D eigenvalue weighted by Crippen LogP contribution is -2.03. The zero-order chi connectivity index (χ0) is 12.8. The number of aromatic nitrogens is 2. The molecule has 1 atom stereocenters. The highest BCUT2D eigenvalue weighted by Gasteiger charge is 2.15. The van der Waals surface area contributed by atoms with Gasteiger partial charge in [-0.25, -0.2) is 4.98 Å². The van der Waals surface area contributed by atoms with Crippen LogP contribution >= 0.6 is 0 Å². The van der Waals surface area contributed by atoms with Crippen LogP contribution in [0.2, 0.25) is 0 Å². The highest BCUT2D eigenvalue weighted by Crippen LogP contribution is 2.29. The first kappa shape index (κ1) is 13.5. The van der Waals surface area contributed by atoms with Gasteiger partial charge in [-0.15, -0.1) is 0 Å². The molecule has 0 bridgehead atoms. The molecule has 2 N–H and O–H groups in total. The molecule has 0 saturated heterocycles. The smallest absolute Gasteiger partial charge is 0.0923 e. The Morgan fingerprint density at radius 1 is 1.65 bits per heavy atom. The third-order valence-electron chi connectivity index (χ3n) is 3.07. The van der Waals surface area contributed by atoms with E-state index in [0.29, 0.717) is 0 Å². The normalized spacial score (nSPS) is 15.4. The van der Waals surface area contributed by atoms with Crippen LogP contribution in [0.25, 0.3) is 0 Å². The monoisotopic (exact) mass is 232 g/mol. The van der Waals surface area contributed by atoms with Gasteiger partial charge >= 0.3 is 0 Å². The maximum absolute atomic E-state index is 9.28. The Morgan fingerprint density at radius 3 is 2.76 bits per heavy atom. The lowest BCUT2D eigenvalue weighted by Gasteiger charge is -2.16. The van der Waals surface area contributed by atoms with Gasteiger partial charge in [0, 0.05) is 12.1 Å². The standard InChI is InChI=1S/C14H20N2O/c1-5-12(8-17)10(3)13(6-2)11(4)14-7-15-9-16-14/h5-7,9,11,17H,1,8H2,2-4H3,(H,15,16)/b12-10+,13-6+/t11-/m1/s1. The molecule has 1 heterocycles. The summed E-state index contributed by atoms with van der Waals surface area (Å²) in [7, 11) is 0. The molecule has 0 fully saturated rings. The Labute approximate surface area is 103 Å². The number of aliphatic hydroxyl groups excluding tert-OH is 1. The topological polar surface area (TPSA) is 48.9 Å². The molecule has 0 spiro atoms. The van der Waals surface area contributed by atoms with Gasteiger partial charge in [0.05, 0.1) is 18.6 Å². The van der Waals surface area contributed by atoms with Crippen LogP contribution in [0, 0.1) is 0 Å². The van der Waals surface area contributed by atoms with Crippen molar-refractivity contribution in [1.29, 1.82) is 0 Å². The Balaban J connectivity index is 3.09. The van der Waals surface area contributed by atoms with Crippen molar-refractivity contribution < 1.29 is 5.11 Å². The summed E-state index contributed by atoms with van der Waals surface area (Å²) >= 11 is 0. The summed E-state index contributed by atoms with van der Waals surface area (Å²) in [4.78, 5) is 7.23. The van der Waals surface area contributed by atoms with Crippen molar-refractivity contribution in [3.8, 4) is 0 Å². The number of aromatic amines is 1. The van der Waals surface area contributed by atoms with Gasteiger partial charge in [-0.1, -0.05) is 25.7 Å². The molecular formula is C14H20N2O. The van der Waals surface area contributed by atoms with Gasteiger partial charge in [-0.3, -0.25) is 0 Å². The van der Waals surface area contributed by atoms with Crippen LogP contribution in [0.4, 0.5) is 0 Å². The molecule has 92 valence electrons. The second kappa shape index (κ2) is 6.21. The summed E-state index contributed by atoms with van der Waals surface area (Å²) in [6, 6.07) is 0. The molecular weight excluding hydrogens is 212 g/mol. The number of hydrogen-bond acceptors (Lipinski definition) is 2. The highest BCUT2D eigenvalue weighted by atomic mass is 16.3. The van der Waals surface area contributed by atoms with E-state index in [1.54, 1.807) is 12.4 Å². The fourth-order valence-corrected chi connectivity index (χ4v) is 1.98. The van der Waals surface area contributed by atoms with Crippen LogP contribution < -0.4 is 0 Å². The lowest BCUT2D eigenvalue weighted by molar-refractivity contribution is 0.334. The third kappa shape index (κ3) is 2.94. The average Bonchev–Trinajstić information content (AvgIpc) is 2.85. The molecule has 0 aromatic carbocycles. The molecule has 1 aromatic rings. The largest absolute Gasteiger partial charge is 0.392 e. The van der Waals surface area contributed by atoms with Crippen LogP contribution in [0.15, 0.2) is 48.0 Å². The van der Waals surface area contributed by atoms with E-state index in [1.807, 2.05) is 20.0 Å². The van der Waals surface area contributed by atoms with E-state index < -0.39 is 0 Å². The first-order valence-corrected chi connectivity index (χ1v) is 5.74. The number of nitrogens with one attached hydrogen (secondary N) is 1. The van der Waals surface area contributed by atoms with Gasteiger partial charge < -0.3 is 10.1 Å². The van der Waals surface area contributed by atoms with Gasteiger partial charge in [0.25, 0.3) is 0 Å². The van der Waals surface area contributed by atoms with E-state index in [2.05, 4.69) is 29.5 Å². The molecule has 17 heavy (non-hydrogen) atoms. The minimum Gasteiger partial charge on any atom is -0.392 e. The highest BCUT2D eigenvalue weighted by molar-refractivity contribution is 5.43. The molecule has 0 aliphatic carbocycles. The molecule has 1 aromatic heterocycles. The molecule has 0 saturated carbocycles. The van der Waals surface area contributed by atoms with Crippen LogP contribution in [-0.2, 0) is 0 Å². The van der Waals surface area contributed by atoms with Crippen LogP contribution in [0.1, 0.15) is 32.4 Å². The van der Waals surface area contributed by atoms with Crippen LogP contribution in [-0.4, -0.2) is 21.7 Å². The summed E-state index contributed by atoms with van der Waals surface area (Å²) in [6.07, 6.45) is 7.34. The predicted octanol–water partition coefficient (Wildman–Crippen LogP) is 2.95. The van der Waals surface area contributed by atoms with Crippen molar-refractivity contribution in [2.75, 3.05) is 6.61 Å². The van der Waals surface area contributed by atoms with Gasteiger partial charge in [-0.05, 0) is 30.6 Å². The van der Waals surface area contributed by atoms with Gasteiger partial charge in [0.1, 0.15) is 0 Å². The number of aliphatic hydroxyl groups is 1. The number of rotatable bonds is 5. The average molecular weight is 232 g/mol. The predicted molar refractivity (Wildman–Crippen MR) is 70.7 cm³/mol. The van der Waals surface area contributed by atoms with E-state index in [-0.39, 0.29) is 12.5 Å². The van der Waals surface area contributed by atoms with Crippen molar-refractivity contribution >= 4 is 0 Å². The molecule has 0 aliphatic heterocycles. The van der Waals surface area contributed by atoms with E-state index >= 15 is 0 Å². The summed E-state index contributed by atoms with van der Waals surface area (Å²) in [5.41, 5.74) is 4.10. The van der Waals surface area contributed by atoms with E-state index in [0.717, 1.165) is 16.8 Å².